The minimum atomic E-state index is -3.75. The van der Waals surface area contributed by atoms with Gasteiger partial charge in [-0.15, -0.1) is 0 Å². The van der Waals surface area contributed by atoms with Gasteiger partial charge in [0.25, 0.3) is 5.69 Å². The van der Waals surface area contributed by atoms with Crippen LogP contribution in [0.2, 0.25) is 5.02 Å². The Labute approximate surface area is 138 Å². The number of hydrogen-bond donors (Lipinski definition) is 1. The van der Waals surface area contributed by atoms with E-state index >= 15 is 0 Å². The third kappa shape index (κ3) is 4.65. The van der Waals surface area contributed by atoms with Crippen LogP contribution in [0.25, 0.3) is 0 Å². The largest absolute Gasteiger partial charge is 0.491 e. The van der Waals surface area contributed by atoms with E-state index in [2.05, 4.69) is 4.72 Å². The smallest absolute Gasteiger partial charge is 0.269 e. The lowest BCUT2D eigenvalue weighted by Crippen LogP contribution is -2.28. The van der Waals surface area contributed by atoms with Gasteiger partial charge in [-0.2, -0.15) is 0 Å². The van der Waals surface area contributed by atoms with Crippen molar-refractivity contribution in [2.45, 2.75) is 4.90 Å². The first-order valence-corrected chi connectivity index (χ1v) is 8.38. The number of rotatable bonds is 7. The fourth-order valence-corrected chi connectivity index (χ4v) is 2.93. The van der Waals surface area contributed by atoms with Gasteiger partial charge in [-0.25, -0.2) is 13.1 Å². The molecule has 7 nitrogen and oxygen atoms in total. The van der Waals surface area contributed by atoms with Crippen LogP contribution in [0.3, 0.4) is 0 Å². The van der Waals surface area contributed by atoms with Gasteiger partial charge < -0.3 is 4.74 Å². The summed E-state index contributed by atoms with van der Waals surface area (Å²) in [6.07, 6.45) is 0. The average Bonchev–Trinajstić information content (AvgIpc) is 2.53. The van der Waals surface area contributed by atoms with Gasteiger partial charge in [0.2, 0.25) is 10.0 Å². The van der Waals surface area contributed by atoms with E-state index in [1.807, 2.05) is 0 Å². The van der Waals surface area contributed by atoms with Crippen LogP contribution in [0.5, 0.6) is 5.75 Å². The molecule has 0 spiro atoms. The van der Waals surface area contributed by atoms with E-state index in [0.29, 0.717) is 10.8 Å². The number of non-ortho nitro benzene ring substituents is 1. The molecule has 0 aliphatic carbocycles. The second-order valence-corrected chi connectivity index (χ2v) is 6.60. The minimum Gasteiger partial charge on any atom is -0.491 e. The molecule has 9 heteroatoms. The summed E-state index contributed by atoms with van der Waals surface area (Å²) < 4.78 is 31.8. The number of para-hydroxylation sites is 1. The average molecular weight is 357 g/mol. The first-order chi connectivity index (χ1) is 10.9. The highest BCUT2D eigenvalue weighted by atomic mass is 35.5. The predicted molar refractivity (Wildman–Crippen MR) is 85.2 cm³/mol. The Morgan fingerprint density at radius 2 is 1.78 bits per heavy atom. The normalized spacial score (nSPS) is 11.2. The molecule has 0 radical (unpaired) electrons. The molecular weight excluding hydrogens is 344 g/mol. The molecule has 23 heavy (non-hydrogen) atoms. The Morgan fingerprint density at radius 3 is 2.39 bits per heavy atom. The summed E-state index contributed by atoms with van der Waals surface area (Å²) in [6, 6.07) is 11.5. The van der Waals surface area contributed by atoms with Crippen LogP contribution >= 0.6 is 11.6 Å². The van der Waals surface area contributed by atoms with Gasteiger partial charge >= 0.3 is 0 Å². The quantitative estimate of drug-likeness (QED) is 0.467. The molecule has 0 unspecified atom stereocenters. The number of halogens is 1. The zero-order valence-electron chi connectivity index (χ0n) is 11.8. The summed E-state index contributed by atoms with van der Waals surface area (Å²) in [5.74, 6) is 0.462. The number of benzene rings is 2. The van der Waals surface area contributed by atoms with Crippen LogP contribution in [-0.2, 0) is 10.0 Å². The SMILES string of the molecule is O=[N+]([O-])c1ccc(S(=O)(=O)NCCOc2ccccc2Cl)cc1. The number of nitrogens with one attached hydrogen (secondary N) is 1. The Kier molecular flexibility index (Phi) is 5.54. The maximum absolute atomic E-state index is 12.0. The van der Waals surface area contributed by atoms with E-state index in [0.717, 1.165) is 12.1 Å². The van der Waals surface area contributed by atoms with Crippen LogP contribution < -0.4 is 9.46 Å². The van der Waals surface area contributed by atoms with E-state index in [1.54, 1.807) is 24.3 Å². The van der Waals surface area contributed by atoms with Crippen LogP contribution in [0.15, 0.2) is 53.4 Å². The number of nitro benzene ring substituents is 1. The summed E-state index contributed by atoms with van der Waals surface area (Å²) in [7, 11) is -3.75. The van der Waals surface area contributed by atoms with Gasteiger partial charge in [-0.1, -0.05) is 23.7 Å². The van der Waals surface area contributed by atoms with Crippen LogP contribution in [0.1, 0.15) is 0 Å². The number of ether oxygens (including phenoxy) is 1. The molecule has 0 heterocycles. The second kappa shape index (κ2) is 7.40. The topological polar surface area (TPSA) is 98.5 Å². The van der Waals surface area contributed by atoms with Crippen molar-refractivity contribution in [3.05, 3.63) is 63.7 Å². The molecule has 0 saturated carbocycles. The molecule has 0 aromatic heterocycles. The molecular formula is C14H13ClN2O5S. The molecule has 0 saturated heterocycles. The van der Waals surface area contributed by atoms with E-state index in [-0.39, 0.29) is 23.7 Å². The van der Waals surface area contributed by atoms with Gasteiger partial charge in [0.05, 0.1) is 14.8 Å². The standard InChI is InChI=1S/C14H13ClN2O5S/c15-13-3-1-2-4-14(13)22-10-9-16-23(20,21)12-7-5-11(6-8-12)17(18)19/h1-8,16H,9-10H2. The number of nitrogens with zero attached hydrogens (tertiary/aromatic N) is 1. The van der Waals surface area contributed by atoms with Crippen molar-refractivity contribution in [1.29, 1.82) is 0 Å². The zero-order valence-corrected chi connectivity index (χ0v) is 13.4. The van der Waals surface area contributed by atoms with E-state index < -0.39 is 14.9 Å². The second-order valence-electron chi connectivity index (χ2n) is 4.43. The molecule has 1 N–H and O–H groups in total. The van der Waals surface area contributed by atoms with Gasteiger partial charge in [0, 0.05) is 18.7 Å². The van der Waals surface area contributed by atoms with Crippen LogP contribution in [0.4, 0.5) is 5.69 Å². The summed E-state index contributed by atoms with van der Waals surface area (Å²) >= 11 is 5.91. The molecule has 0 aliphatic heterocycles. The lowest BCUT2D eigenvalue weighted by Gasteiger charge is -2.09. The van der Waals surface area contributed by atoms with E-state index in [1.165, 1.54) is 12.1 Å². The van der Waals surface area contributed by atoms with E-state index in [4.69, 9.17) is 16.3 Å². The van der Waals surface area contributed by atoms with Gasteiger partial charge in [0.15, 0.2) is 0 Å². The van der Waals surface area contributed by atoms with Gasteiger partial charge in [-0.05, 0) is 24.3 Å². The molecule has 2 aromatic rings. The Balaban J connectivity index is 1.91. The van der Waals surface area contributed by atoms with Crippen molar-refractivity contribution < 1.29 is 18.1 Å². The van der Waals surface area contributed by atoms with Crippen molar-refractivity contribution in [3.63, 3.8) is 0 Å². The lowest BCUT2D eigenvalue weighted by atomic mass is 10.3. The maximum atomic E-state index is 12.0. The fourth-order valence-electron chi connectivity index (χ4n) is 1.73. The summed E-state index contributed by atoms with van der Waals surface area (Å²) in [4.78, 5) is 9.90. The van der Waals surface area contributed by atoms with Crippen molar-refractivity contribution in [3.8, 4) is 5.75 Å². The van der Waals surface area contributed by atoms with Crippen molar-refractivity contribution in [1.82, 2.24) is 4.72 Å². The summed E-state index contributed by atoms with van der Waals surface area (Å²) in [5.41, 5.74) is -0.175. The molecule has 0 bridgehead atoms. The Morgan fingerprint density at radius 1 is 1.13 bits per heavy atom. The number of nitro groups is 1. The Hall–Kier alpha value is -2.16. The summed E-state index contributed by atoms with van der Waals surface area (Å²) in [6.45, 7) is 0.125. The number of sulfonamides is 1. The highest BCUT2D eigenvalue weighted by Gasteiger charge is 2.15. The molecule has 0 fully saturated rings. The molecule has 2 aromatic carbocycles. The van der Waals surface area contributed by atoms with Gasteiger partial charge in [0.1, 0.15) is 12.4 Å². The lowest BCUT2D eigenvalue weighted by molar-refractivity contribution is -0.384. The molecule has 0 atom stereocenters. The maximum Gasteiger partial charge on any atom is 0.269 e. The van der Waals surface area contributed by atoms with Crippen LogP contribution in [-0.4, -0.2) is 26.5 Å². The molecule has 2 rings (SSSR count). The van der Waals surface area contributed by atoms with E-state index in [9.17, 15) is 18.5 Å². The molecule has 122 valence electrons. The molecule has 0 amide bonds. The summed E-state index contributed by atoms with van der Waals surface area (Å²) in [5, 5.41) is 11.0. The monoisotopic (exact) mass is 356 g/mol. The fraction of sp³-hybridized carbons (Fsp3) is 0.143. The Bertz CT molecular complexity index is 793. The highest BCUT2D eigenvalue weighted by molar-refractivity contribution is 7.89. The number of hydrogen-bond acceptors (Lipinski definition) is 5. The predicted octanol–water partition coefficient (Wildman–Crippen LogP) is 2.61. The van der Waals surface area contributed by atoms with Gasteiger partial charge in [-0.3, -0.25) is 10.1 Å². The highest BCUT2D eigenvalue weighted by Crippen LogP contribution is 2.22. The van der Waals surface area contributed by atoms with Crippen LogP contribution in [0, 0.1) is 10.1 Å². The van der Waals surface area contributed by atoms with Crippen molar-refractivity contribution in [2.75, 3.05) is 13.2 Å². The minimum absolute atomic E-state index is 0.0323. The first-order valence-electron chi connectivity index (χ1n) is 6.51. The van der Waals surface area contributed by atoms with Crippen molar-refractivity contribution in [2.24, 2.45) is 0 Å². The molecule has 0 aliphatic rings. The first kappa shape index (κ1) is 17.2. The van der Waals surface area contributed by atoms with Crippen molar-refractivity contribution >= 4 is 27.3 Å². The third-order valence-electron chi connectivity index (χ3n) is 2.85. The zero-order chi connectivity index (χ0) is 16.9. The third-order valence-corrected chi connectivity index (χ3v) is 4.64.